The third-order valence-corrected chi connectivity index (χ3v) is 2.82. The largest absolute Gasteiger partial charge is 0.381 e. The van der Waals surface area contributed by atoms with Crippen molar-refractivity contribution in [1.82, 2.24) is 4.90 Å². The summed E-state index contributed by atoms with van der Waals surface area (Å²) in [5.74, 6) is 0. The zero-order chi connectivity index (χ0) is 9.84. The monoisotopic (exact) mass is 186 g/mol. The molecule has 1 rings (SSSR count). The number of nitrogens with zero attached hydrogens (tertiary/aromatic N) is 1. The lowest BCUT2D eigenvalue weighted by Crippen LogP contribution is -2.47. The van der Waals surface area contributed by atoms with Crippen LogP contribution in [0.5, 0.6) is 0 Å². The highest BCUT2D eigenvalue weighted by atomic mass is 16.5. The second kappa shape index (κ2) is 4.94. The molecule has 3 atom stereocenters. The van der Waals surface area contributed by atoms with Crippen LogP contribution < -0.4 is 5.73 Å². The van der Waals surface area contributed by atoms with Crippen molar-refractivity contribution in [3.8, 4) is 0 Å². The highest BCUT2D eigenvalue weighted by Gasteiger charge is 2.25. The SMILES string of the molecule is COC1CCN(CC(C)N)C(C)C1. The van der Waals surface area contributed by atoms with Gasteiger partial charge in [-0.05, 0) is 26.7 Å². The van der Waals surface area contributed by atoms with Crippen molar-refractivity contribution in [2.45, 2.75) is 44.9 Å². The maximum Gasteiger partial charge on any atom is 0.0598 e. The molecule has 1 aliphatic heterocycles. The summed E-state index contributed by atoms with van der Waals surface area (Å²) in [4.78, 5) is 2.46. The van der Waals surface area contributed by atoms with Crippen LogP contribution in [0.25, 0.3) is 0 Å². The first-order valence-electron chi connectivity index (χ1n) is 5.16. The lowest BCUT2D eigenvalue weighted by Gasteiger charge is -2.37. The fourth-order valence-corrected chi connectivity index (χ4v) is 2.03. The van der Waals surface area contributed by atoms with Gasteiger partial charge in [-0.1, -0.05) is 0 Å². The molecule has 3 nitrogen and oxygen atoms in total. The lowest BCUT2D eigenvalue weighted by atomic mass is 10.0. The minimum absolute atomic E-state index is 0.279. The summed E-state index contributed by atoms with van der Waals surface area (Å²) in [6.07, 6.45) is 2.75. The van der Waals surface area contributed by atoms with Crippen LogP contribution in [0.4, 0.5) is 0 Å². The summed E-state index contributed by atoms with van der Waals surface area (Å²) < 4.78 is 5.36. The van der Waals surface area contributed by atoms with E-state index in [0.717, 1.165) is 25.9 Å². The van der Waals surface area contributed by atoms with Gasteiger partial charge in [0.1, 0.15) is 0 Å². The van der Waals surface area contributed by atoms with Gasteiger partial charge in [0, 0.05) is 32.3 Å². The van der Waals surface area contributed by atoms with Gasteiger partial charge in [-0.2, -0.15) is 0 Å². The smallest absolute Gasteiger partial charge is 0.0598 e. The quantitative estimate of drug-likeness (QED) is 0.709. The highest BCUT2D eigenvalue weighted by Crippen LogP contribution is 2.18. The third-order valence-electron chi connectivity index (χ3n) is 2.82. The van der Waals surface area contributed by atoms with Crippen LogP contribution >= 0.6 is 0 Å². The van der Waals surface area contributed by atoms with Crippen molar-refractivity contribution in [3.05, 3.63) is 0 Å². The normalized spacial score (nSPS) is 33.2. The first kappa shape index (κ1) is 11.0. The number of piperidine rings is 1. The van der Waals surface area contributed by atoms with E-state index < -0.39 is 0 Å². The van der Waals surface area contributed by atoms with Crippen LogP contribution in [-0.4, -0.2) is 43.3 Å². The Morgan fingerprint density at radius 1 is 1.62 bits per heavy atom. The van der Waals surface area contributed by atoms with Crippen LogP contribution in [0.3, 0.4) is 0 Å². The fourth-order valence-electron chi connectivity index (χ4n) is 2.03. The van der Waals surface area contributed by atoms with Gasteiger partial charge in [0.2, 0.25) is 0 Å². The number of nitrogens with two attached hydrogens (primary N) is 1. The molecule has 0 radical (unpaired) electrons. The van der Waals surface area contributed by atoms with E-state index in [0.29, 0.717) is 12.1 Å². The predicted octanol–water partition coefficient (Wildman–Crippen LogP) is 0.833. The summed E-state index contributed by atoms with van der Waals surface area (Å²) >= 11 is 0. The van der Waals surface area contributed by atoms with E-state index in [1.165, 1.54) is 0 Å². The summed E-state index contributed by atoms with van der Waals surface area (Å²) in [5, 5.41) is 0. The molecule has 0 aromatic heterocycles. The van der Waals surface area contributed by atoms with Crippen molar-refractivity contribution >= 4 is 0 Å². The van der Waals surface area contributed by atoms with Gasteiger partial charge in [-0.3, -0.25) is 4.90 Å². The van der Waals surface area contributed by atoms with E-state index in [-0.39, 0.29) is 6.04 Å². The minimum Gasteiger partial charge on any atom is -0.381 e. The van der Waals surface area contributed by atoms with E-state index >= 15 is 0 Å². The maximum absolute atomic E-state index is 5.78. The molecule has 1 fully saturated rings. The number of hydrogen-bond acceptors (Lipinski definition) is 3. The molecule has 13 heavy (non-hydrogen) atoms. The Kier molecular flexibility index (Phi) is 4.16. The highest BCUT2D eigenvalue weighted by molar-refractivity contribution is 4.80. The molecule has 0 aromatic rings. The molecule has 3 unspecified atom stereocenters. The molecule has 1 heterocycles. The van der Waals surface area contributed by atoms with Gasteiger partial charge >= 0.3 is 0 Å². The number of hydrogen-bond donors (Lipinski definition) is 1. The molecule has 0 aliphatic carbocycles. The third kappa shape index (κ3) is 3.25. The van der Waals surface area contributed by atoms with Gasteiger partial charge in [-0.15, -0.1) is 0 Å². The number of rotatable bonds is 3. The fraction of sp³-hybridized carbons (Fsp3) is 1.00. The minimum atomic E-state index is 0.279. The molecule has 0 aromatic carbocycles. The molecular formula is C10H22N2O. The molecule has 1 aliphatic rings. The van der Waals surface area contributed by atoms with Gasteiger partial charge < -0.3 is 10.5 Å². The molecule has 0 spiro atoms. The van der Waals surface area contributed by atoms with Crippen LogP contribution in [0, 0.1) is 0 Å². The van der Waals surface area contributed by atoms with Crippen molar-refractivity contribution in [1.29, 1.82) is 0 Å². The Morgan fingerprint density at radius 3 is 2.77 bits per heavy atom. The van der Waals surface area contributed by atoms with E-state index in [1.807, 2.05) is 0 Å². The van der Waals surface area contributed by atoms with Crippen molar-refractivity contribution in [2.24, 2.45) is 5.73 Å². The first-order chi connectivity index (χ1) is 6.13. The first-order valence-corrected chi connectivity index (χ1v) is 5.16. The van der Waals surface area contributed by atoms with Gasteiger partial charge in [0.15, 0.2) is 0 Å². The summed E-state index contributed by atoms with van der Waals surface area (Å²) in [5.41, 5.74) is 5.78. The Balaban J connectivity index is 2.35. The average Bonchev–Trinajstić information content (AvgIpc) is 2.08. The molecule has 1 saturated heterocycles. The van der Waals surface area contributed by atoms with Crippen molar-refractivity contribution < 1.29 is 4.74 Å². The summed E-state index contributed by atoms with van der Waals surface area (Å²) in [7, 11) is 1.80. The predicted molar refractivity (Wildman–Crippen MR) is 54.7 cm³/mol. The van der Waals surface area contributed by atoms with Crippen LogP contribution in [0.1, 0.15) is 26.7 Å². The molecule has 0 amide bonds. The molecule has 78 valence electrons. The van der Waals surface area contributed by atoms with Crippen LogP contribution in [0.2, 0.25) is 0 Å². The second-order valence-electron chi connectivity index (χ2n) is 4.20. The second-order valence-corrected chi connectivity index (χ2v) is 4.20. The Labute approximate surface area is 81.2 Å². The van der Waals surface area contributed by atoms with Gasteiger partial charge in [0.05, 0.1) is 6.10 Å². The molecule has 0 bridgehead atoms. The van der Waals surface area contributed by atoms with Crippen molar-refractivity contribution in [3.63, 3.8) is 0 Å². The zero-order valence-electron chi connectivity index (χ0n) is 8.99. The molecule has 0 saturated carbocycles. The van der Waals surface area contributed by atoms with E-state index in [4.69, 9.17) is 10.5 Å². The van der Waals surface area contributed by atoms with Gasteiger partial charge in [0.25, 0.3) is 0 Å². The van der Waals surface area contributed by atoms with E-state index in [9.17, 15) is 0 Å². The lowest BCUT2D eigenvalue weighted by molar-refractivity contribution is 0.0146. The number of likely N-dealkylation sites (tertiary alicyclic amines) is 1. The van der Waals surface area contributed by atoms with Crippen LogP contribution in [0.15, 0.2) is 0 Å². The number of methoxy groups -OCH3 is 1. The Hall–Kier alpha value is -0.120. The molecule has 3 heteroatoms. The van der Waals surface area contributed by atoms with E-state index in [2.05, 4.69) is 18.7 Å². The Morgan fingerprint density at radius 2 is 2.31 bits per heavy atom. The van der Waals surface area contributed by atoms with Crippen molar-refractivity contribution in [2.75, 3.05) is 20.2 Å². The average molecular weight is 186 g/mol. The Bertz CT molecular complexity index is 150. The molecule has 2 N–H and O–H groups in total. The standard InChI is InChI=1S/C10H22N2O/c1-8(11)7-12-5-4-10(13-3)6-9(12)2/h8-10H,4-7,11H2,1-3H3. The topological polar surface area (TPSA) is 38.5 Å². The zero-order valence-corrected chi connectivity index (χ0v) is 8.99. The molecular weight excluding hydrogens is 164 g/mol. The van der Waals surface area contributed by atoms with Crippen LogP contribution in [-0.2, 0) is 4.74 Å². The summed E-state index contributed by atoms with van der Waals surface area (Å²) in [6.45, 7) is 6.46. The number of ether oxygens (including phenoxy) is 1. The maximum atomic E-state index is 5.78. The van der Waals surface area contributed by atoms with E-state index in [1.54, 1.807) is 7.11 Å². The van der Waals surface area contributed by atoms with Gasteiger partial charge in [-0.25, -0.2) is 0 Å². The summed E-state index contributed by atoms with van der Waals surface area (Å²) in [6, 6.07) is 0.895.